The minimum atomic E-state index is -2.85. The highest BCUT2D eigenvalue weighted by molar-refractivity contribution is 6.60. The van der Waals surface area contributed by atoms with Gasteiger partial charge in [-0.1, -0.05) is 53.5 Å². The van der Waals surface area contributed by atoms with Gasteiger partial charge in [0.05, 0.1) is 0 Å². The van der Waals surface area contributed by atoms with Crippen LogP contribution in [0.1, 0.15) is 73.1 Å². The maximum absolute atomic E-state index is 11.9. The van der Waals surface area contributed by atoms with Gasteiger partial charge in [0.1, 0.15) is 0 Å². The Hall–Kier alpha value is -0.693. The smallest absolute Gasteiger partial charge is 0.433 e. The summed E-state index contributed by atoms with van der Waals surface area (Å²) >= 11 is 0. The van der Waals surface area contributed by atoms with Gasteiger partial charge < -0.3 is 18.0 Å². The number of rotatable bonds is 15. The van der Waals surface area contributed by atoms with Crippen molar-refractivity contribution in [3.8, 4) is 0 Å². The third-order valence-corrected chi connectivity index (χ3v) is 6.27. The number of hydrogen-bond donors (Lipinski definition) is 0. The zero-order valence-corrected chi connectivity index (χ0v) is 17.2. The summed E-state index contributed by atoms with van der Waals surface area (Å²) in [4.78, 5) is 11.9. The molecule has 0 fully saturated rings. The fraction of sp³-hybridized carbons (Fsp3) is 0.833. The molecule has 0 aromatic heterocycles. The van der Waals surface area contributed by atoms with Gasteiger partial charge in [0.25, 0.3) is 0 Å². The Morgan fingerprint density at radius 2 is 1.54 bits per heavy atom. The number of ether oxygens (including phenoxy) is 1. The maximum Gasteiger partial charge on any atom is 0.503 e. The molecule has 0 saturated carbocycles. The van der Waals surface area contributed by atoms with E-state index in [2.05, 4.69) is 20.4 Å². The van der Waals surface area contributed by atoms with E-state index in [1.807, 2.05) is 13.8 Å². The molecule has 1 atom stereocenters. The van der Waals surface area contributed by atoms with Crippen LogP contribution in [0.25, 0.3) is 0 Å². The van der Waals surface area contributed by atoms with Crippen molar-refractivity contribution in [2.24, 2.45) is 0 Å². The molecule has 24 heavy (non-hydrogen) atoms. The lowest BCUT2D eigenvalue weighted by Gasteiger charge is -2.32. The fourth-order valence-corrected chi connectivity index (χ4v) is 4.21. The molecule has 0 aromatic rings. The molecule has 0 aromatic carbocycles. The van der Waals surface area contributed by atoms with Crippen LogP contribution >= 0.6 is 0 Å². The first kappa shape index (κ1) is 23.3. The first-order valence-corrected chi connectivity index (χ1v) is 11.2. The largest absolute Gasteiger partial charge is 0.503 e. The number of carbonyl (C=O) groups excluding carboxylic acids is 1. The summed E-state index contributed by atoms with van der Waals surface area (Å²) in [6.45, 7) is 14.7. The Morgan fingerprint density at radius 3 is 1.92 bits per heavy atom. The van der Waals surface area contributed by atoms with Gasteiger partial charge in [0, 0.05) is 31.3 Å². The summed E-state index contributed by atoms with van der Waals surface area (Å²) in [6.07, 6.45) is 4.82. The molecule has 6 heteroatoms. The van der Waals surface area contributed by atoms with E-state index in [1.54, 1.807) is 6.92 Å². The summed E-state index contributed by atoms with van der Waals surface area (Å²) < 4.78 is 23.7. The van der Waals surface area contributed by atoms with Crippen molar-refractivity contribution < 1.29 is 22.8 Å². The number of carbonyl (C=O) groups is 1. The van der Waals surface area contributed by atoms with Gasteiger partial charge in [-0.3, -0.25) is 0 Å². The quantitative estimate of drug-likeness (QED) is 0.137. The van der Waals surface area contributed by atoms with Crippen molar-refractivity contribution in [2.75, 3.05) is 13.2 Å². The normalized spacial score (nSPS) is 12.9. The molecule has 0 rings (SSSR count). The second-order valence-corrected chi connectivity index (χ2v) is 8.85. The zero-order chi connectivity index (χ0) is 18.4. The highest BCUT2D eigenvalue weighted by Gasteiger charge is 2.42. The van der Waals surface area contributed by atoms with Crippen molar-refractivity contribution >= 4 is 14.8 Å². The van der Waals surface area contributed by atoms with Crippen molar-refractivity contribution in [1.82, 2.24) is 0 Å². The predicted octanol–water partition coefficient (Wildman–Crippen LogP) is 4.84. The summed E-state index contributed by atoms with van der Waals surface area (Å²) in [6, 6.07) is 0.658. The van der Waals surface area contributed by atoms with Crippen LogP contribution in [0.4, 0.5) is 0 Å². The second kappa shape index (κ2) is 13.6. The van der Waals surface area contributed by atoms with E-state index >= 15 is 0 Å². The van der Waals surface area contributed by atoms with Gasteiger partial charge in [-0.25, -0.2) is 4.79 Å². The van der Waals surface area contributed by atoms with E-state index in [0.29, 0.717) is 31.3 Å². The number of unbranched alkanes of at least 4 members (excludes halogenated alkanes) is 2. The van der Waals surface area contributed by atoms with Crippen LogP contribution in [0, 0.1) is 0 Å². The molecule has 142 valence electrons. The topological polar surface area (TPSA) is 54.0 Å². The highest BCUT2D eigenvalue weighted by Crippen LogP contribution is 2.22. The van der Waals surface area contributed by atoms with E-state index in [4.69, 9.17) is 18.0 Å². The van der Waals surface area contributed by atoms with Crippen molar-refractivity contribution in [1.29, 1.82) is 0 Å². The van der Waals surface area contributed by atoms with Gasteiger partial charge in [-0.2, -0.15) is 0 Å². The molecule has 0 spiro atoms. The molecule has 0 saturated heterocycles. The average molecular weight is 361 g/mol. The fourth-order valence-electron chi connectivity index (χ4n) is 1.94. The first-order chi connectivity index (χ1) is 11.4. The van der Waals surface area contributed by atoms with Crippen molar-refractivity contribution in [3.05, 3.63) is 12.2 Å². The molecule has 0 radical (unpaired) electrons. The lowest BCUT2D eigenvalue weighted by molar-refractivity contribution is -0.167. The Balaban J connectivity index is 5.02. The zero-order valence-electron chi connectivity index (χ0n) is 16.2. The van der Waals surface area contributed by atoms with E-state index in [-0.39, 0.29) is 0 Å². The van der Waals surface area contributed by atoms with Gasteiger partial charge in [0.2, 0.25) is 0 Å². The van der Waals surface area contributed by atoms with E-state index in [0.717, 1.165) is 32.1 Å². The van der Waals surface area contributed by atoms with E-state index < -0.39 is 21.1 Å². The van der Waals surface area contributed by atoms with Crippen LogP contribution in [0.15, 0.2) is 12.2 Å². The summed E-state index contributed by atoms with van der Waals surface area (Å²) in [7, 11) is -2.85. The minimum Gasteiger partial charge on any atom is -0.433 e. The van der Waals surface area contributed by atoms with Crippen molar-refractivity contribution in [3.63, 3.8) is 0 Å². The molecular formula is C18H36O5Si. The molecule has 0 N–H and O–H groups in total. The first-order valence-electron chi connectivity index (χ1n) is 9.26. The number of hydrogen-bond acceptors (Lipinski definition) is 5. The second-order valence-electron chi connectivity index (χ2n) is 5.96. The molecule has 5 nitrogen and oxygen atoms in total. The third kappa shape index (κ3) is 9.57. The molecule has 0 bridgehead atoms. The van der Waals surface area contributed by atoms with Gasteiger partial charge in [-0.05, 0) is 19.8 Å². The van der Waals surface area contributed by atoms with Gasteiger partial charge >= 0.3 is 14.8 Å². The van der Waals surface area contributed by atoms with Crippen LogP contribution in [-0.2, 0) is 22.8 Å². The molecule has 0 amide bonds. The molecule has 0 heterocycles. The minimum absolute atomic E-state index is 0.363. The Bertz CT molecular complexity index is 349. The van der Waals surface area contributed by atoms with Crippen LogP contribution in [0.3, 0.4) is 0 Å². The molecule has 0 aliphatic carbocycles. The summed E-state index contributed by atoms with van der Waals surface area (Å²) in [5.74, 6) is -0.436. The van der Waals surface area contributed by atoms with Gasteiger partial charge in [0.15, 0.2) is 6.29 Å². The van der Waals surface area contributed by atoms with Crippen LogP contribution in [0.2, 0.25) is 6.04 Å². The maximum atomic E-state index is 11.9. The Labute approximate surface area is 149 Å². The highest BCUT2D eigenvalue weighted by atomic mass is 28.4. The van der Waals surface area contributed by atoms with Gasteiger partial charge in [-0.15, -0.1) is 0 Å². The van der Waals surface area contributed by atoms with Crippen LogP contribution < -0.4 is 0 Å². The number of esters is 1. The van der Waals surface area contributed by atoms with Crippen LogP contribution in [0.5, 0.6) is 0 Å². The standard InChI is InChI=1S/C18H36O5Si/c1-7-11-14-20-24(10-4,21-15-12-8-2)23-17(13-9-3)22-18(19)16(5)6/h17H,5,7-15H2,1-4,6H3. The molecule has 0 aliphatic rings. The monoisotopic (exact) mass is 360 g/mol. The van der Waals surface area contributed by atoms with E-state index in [1.165, 1.54) is 0 Å². The van der Waals surface area contributed by atoms with Crippen LogP contribution in [-0.4, -0.2) is 34.3 Å². The Kier molecular flexibility index (Phi) is 13.2. The van der Waals surface area contributed by atoms with Crippen molar-refractivity contribution in [2.45, 2.75) is 85.5 Å². The molecular weight excluding hydrogens is 324 g/mol. The average Bonchev–Trinajstić information content (AvgIpc) is 2.55. The SMILES string of the molecule is C=C(C)C(=O)OC(CCC)O[Si](CC)(OCCCC)OCCCC. The Morgan fingerprint density at radius 1 is 1.00 bits per heavy atom. The summed E-state index contributed by atoms with van der Waals surface area (Å²) in [5, 5.41) is 0. The van der Waals surface area contributed by atoms with E-state index in [9.17, 15) is 4.79 Å². The predicted molar refractivity (Wildman–Crippen MR) is 98.6 cm³/mol. The third-order valence-electron chi connectivity index (χ3n) is 3.50. The lowest BCUT2D eigenvalue weighted by Crippen LogP contribution is -2.49. The summed E-state index contributed by atoms with van der Waals surface area (Å²) in [5.41, 5.74) is 0.363. The molecule has 0 aliphatic heterocycles. The molecule has 1 unspecified atom stereocenters. The lowest BCUT2D eigenvalue weighted by atomic mass is 10.3.